The standard InChI is InChI=1S/C41H30N2/c1-27-10-8-19-40-41(27)35-16-5-7-18-38(35)43(40)33-22-23-39-36(26-33)34-15-4-6-17-37(34)42(39)32-14-9-13-30(25-32)31-21-20-28-11-2-3-12-29(28)24-31/h2-9,11-27H,10H2,1H3. The SMILES string of the molecule is CC1CC=Cc2c1c1ccccc1n2-c1ccc2c(c1)c1ccccc1n2-c1cccc(-c2ccc3ccccc3c2)c1. The minimum absolute atomic E-state index is 0.506. The summed E-state index contributed by atoms with van der Waals surface area (Å²) in [5.74, 6) is 0.506. The molecule has 2 heterocycles. The predicted molar refractivity (Wildman–Crippen MR) is 183 cm³/mol. The molecular weight excluding hydrogens is 520 g/mol. The van der Waals surface area contributed by atoms with E-state index in [1.165, 1.54) is 77.2 Å². The van der Waals surface area contributed by atoms with E-state index in [-0.39, 0.29) is 0 Å². The van der Waals surface area contributed by atoms with Crippen molar-refractivity contribution in [3.8, 4) is 22.5 Å². The molecule has 0 N–H and O–H groups in total. The highest BCUT2D eigenvalue weighted by molar-refractivity contribution is 6.10. The zero-order chi connectivity index (χ0) is 28.5. The lowest BCUT2D eigenvalue weighted by Crippen LogP contribution is -2.03. The Hall–Kier alpha value is -5.34. The van der Waals surface area contributed by atoms with Gasteiger partial charge in [-0.1, -0.05) is 97.9 Å². The fourth-order valence-electron chi connectivity index (χ4n) is 7.32. The average molecular weight is 551 g/mol. The maximum Gasteiger partial charge on any atom is 0.0542 e. The highest BCUT2D eigenvalue weighted by Gasteiger charge is 2.23. The Morgan fingerprint density at radius 1 is 0.512 bits per heavy atom. The van der Waals surface area contributed by atoms with Gasteiger partial charge in [0.15, 0.2) is 0 Å². The van der Waals surface area contributed by atoms with Crippen molar-refractivity contribution < 1.29 is 0 Å². The molecule has 6 aromatic carbocycles. The van der Waals surface area contributed by atoms with Crippen molar-refractivity contribution in [3.05, 3.63) is 151 Å². The van der Waals surface area contributed by atoms with Gasteiger partial charge in [-0.25, -0.2) is 0 Å². The quantitative estimate of drug-likeness (QED) is 0.207. The van der Waals surface area contributed by atoms with Crippen molar-refractivity contribution in [1.82, 2.24) is 9.13 Å². The van der Waals surface area contributed by atoms with Crippen LogP contribution >= 0.6 is 0 Å². The van der Waals surface area contributed by atoms with Gasteiger partial charge < -0.3 is 9.13 Å². The molecule has 9 rings (SSSR count). The molecule has 0 fully saturated rings. The van der Waals surface area contributed by atoms with Crippen LogP contribution in [0.2, 0.25) is 0 Å². The molecule has 2 nitrogen and oxygen atoms in total. The maximum absolute atomic E-state index is 2.46. The van der Waals surface area contributed by atoms with Crippen LogP contribution in [0.3, 0.4) is 0 Å². The van der Waals surface area contributed by atoms with Gasteiger partial charge in [-0.2, -0.15) is 0 Å². The molecule has 0 bridgehead atoms. The number of hydrogen-bond donors (Lipinski definition) is 0. The molecule has 2 aromatic heterocycles. The van der Waals surface area contributed by atoms with E-state index >= 15 is 0 Å². The predicted octanol–water partition coefficient (Wildman–Crippen LogP) is 11.1. The molecule has 1 aliphatic rings. The van der Waals surface area contributed by atoms with Gasteiger partial charge in [-0.15, -0.1) is 0 Å². The van der Waals surface area contributed by atoms with Crippen LogP contribution in [-0.2, 0) is 0 Å². The van der Waals surface area contributed by atoms with Crippen molar-refractivity contribution in [3.63, 3.8) is 0 Å². The van der Waals surface area contributed by atoms with Crippen LogP contribution in [0.5, 0.6) is 0 Å². The van der Waals surface area contributed by atoms with Crippen LogP contribution < -0.4 is 0 Å². The summed E-state index contributed by atoms with van der Waals surface area (Å²) in [6.45, 7) is 2.35. The van der Waals surface area contributed by atoms with Crippen LogP contribution in [0.1, 0.15) is 30.5 Å². The summed E-state index contributed by atoms with van der Waals surface area (Å²) < 4.78 is 4.88. The molecule has 8 aromatic rings. The molecule has 2 heteroatoms. The molecule has 0 amide bonds. The number of rotatable bonds is 3. The Morgan fingerprint density at radius 2 is 1.21 bits per heavy atom. The normalized spacial score (nSPS) is 14.7. The van der Waals surface area contributed by atoms with Crippen molar-refractivity contribution >= 4 is 49.6 Å². The summed E-state index contributed by atoms with van der Waals surface area (Å²) in [4.78, 5) is 0. The summed E-state index contributed by atoms with van der Waals surface area (Å²) in [5.41, 5.74) is 11.3. The highest BCUT2D eigenvalue weighted by Crippen LogP contribution is 2.41. The van der Waals surface area contributed by atoms with Gasteiger partial charge >= 0.3 is 0 Å². The molecule has 0 spiro atoms. The van der Waals surface area contributed by atoms with E-state index < -0.39 is 0 Å². The Bertz CT molecular complexity index is 2400. The molecule has 204 valence electrons. The Balaban J connectivity index is 1.25. The molecule has 1 unspecified atom stereocenters. The van der Waals surface area contributed by atoms with Crippen LogP contribution in [0.15, 0.2) is 140 Å². The topological polar surface area (TPSA) is 9.86 Å². The number of aromatic nitrogens is 2. The number of fused-ring (bicyclic) bond motifs is 7. The number of nitrogens with zero attached hydrogens (tertiary/aromatic N) is 2. The van der Waals surface area contributed by atoms with Crippen molar-refractivity contribution in [2.24, 2.45) is 0 Å². The van der Waals surface area contributed by atoms with E-state index in [1.807, 2.05) is 0 Å². The van der Waals surface area contributed by atoms with E-state index in [4.69, 9.17) is 0 Å². The van der Waals surface area contributed by atoms with Crippen molar-refractivity contribution in [1.29, 1.82) is 0 Å². The zero-order valence-corrected chi connectivity index (χ0v) is 24.0. The molecule has 0 saturated heterocycles. The summed E-state index contributed by atoms with van der Waals surface area (Å²) in [7, 11) is 0. The van der Waals surface area contributed by atoms with Gasteiger partial charge in [0.25, 0.3) is 0 Å². The second kappa shape index (κ2) is 9.34. The van der Waals surface area contributed by atoms with E-state index in [0.29, 0.717) is 5.92 Å². The third-order valence-corrected chi connectivity index (χ3v) is 9.31. The third-order valence-electron chi connectivity index (χ3n) is 9.31. The molecule has 0 saturated carbocycles. The van der Waals surface area contributed by atoms with Crippen LogP contribution in [0.25, 0.3) is 72.1 Å². The van der Waals surface area contributed by atoms with Crippen molar-refractivity contribution in [2.75, 3.05) is 0 Å². The van der Waals surface area contributed by atoms with E-state index in [2.05, 4.69) is 162 Å². The largest absolute Gasteiger partial charge is 0.310 e. The number of benzene rings is 6. The number of para-hydroxylation sites is 2. The first-order chi connectivity index (χ1) is 21.2. The summed E-state index contributed by atoms with van der Waals surface area (Å²) in [6, 6.07) is 48.9. The first-order valence-electron chi connectivity index (χ1n) is 15.2. The molecule has 1 aliphatic carbocycles. The fourth-order valence-corrected chi connectivity index (χ4v) is 7.32. The molecular formula is C41H30N2. The monoisotopic (exact) mass is 550 g/mol. The Morgan fingerprint density at radius 3 is 2.09 bits per heavy atom. The van der Waals surface area contributed by atoms with Gasteiger partial charge in [0.2, 0.25) is 0 Å². The lowest BCUT2D eigenvalue weighted by Gasteiger charge is -2.17. The van der Waals surface area contributed by atoms with E-state index in [0.717, 1.165) is 6.42 Å². The first kappa shape index (κ1) is 24.3. The molecule has 1 atom stereocenters. The van der Waals surface area contributed by atoms with Crippen LogP contribution in [0.4, 0.5) is 0 Å². The number of hydrogen-bond acceptors (Lipinski definition) is 0. The lowest BCUT2D eigenvalue weighted by molar-refractivity contribution is 0.773. The average Bonchev–Trinajstić information content (AvgIpc) is 3.58. The minimum Gasteiger partial charge on any atom is -0.310 e. The molecule has 43 heavy (non-hydrogen) atoms. The zero-order valence-electron chi connectivity index (χ0n) is 24.0. The summed E-state index contributed by atoms with van der Waals surface area (Å²) in [5, 5.41) is 6.43. The summed E-state index contributed by atoms with van der Waals surface area (Å²) >= 11 is 0. The second-order valence-corrected chi connectivity index (χ2v) is 11.9. The third kappa shape index (κ3) is 3.66. The van der Waals surface area contributed by atoms with Crippen LogP contribution in [-0.4, -0.2) is 9.13 Å². The smallest absolute Gasteiger partial charge is 0.0542 e. The van der Waals surface area contributed by atoms with Gasteiger partial charge in [-0.3, -0.25) is 0 Å². The first-order valence-corrected chi connectivity index (χ1v) is 15.2. The van der Waals surface area contributed by atoms with Crippen molar-refractivity contribution in [2.45, 2.75) is 19.3 Å². The van der Waals surface area contributed by atoms with Gasteiger partial charge in [0, 0.05) is 33.2 Å². The van der Waals surface area contributed by atoms with Gasteiger partial charge in [-0.05, 0) is 94.4 Å². The number of allylic oxidation sites excluding steroid dienone is 1. The summed E-state index contributed by atoms with van der Waals surface area (Å²) in [6.07, 6.45) is 5.74. The molecule has 0 aliphatic heterocycles. The Kier molecular flexibility index (Phi) is 5.27. The minimum atomic E-state index is 0.506. The van der Waals surface area contributed by atoms with Gasteiger partial charge in [0.1, 0.15) is 0 Å². The van der Waals surface area contributed by atoms with Crippen LogP contribution in [0, 0.1) is 0 Å². The maximum atomic E-state index is 2.46. The van der Waals surface area contributed by atoms with Gasteiger partial charge in [0.05, 0.1) is 16.6 Å². The highest BCUT2D eigenvalue weighted by atomic mass is 15.0. The molecule has 0 radical (unpaired) electrons. The second-order valence-electron chi connectivity index (χ2n) is 11.9. The Labute approximate surface area is 250 Å². The lowest BCUT2D eigenvalue weighted by atomic mass is 9.91. The van der Waals surface area contributed by atoms with E-state index in [1.54, 1.807) is 0 Å². The van der Waals surface area contributed by atoms with E-state index in [9.17, 15) is 0 Å². The fraction of sp³-hybridized carbons (Fsp3) is 0.0732.